The molecular weight excluding hydrogens is 282 g/mol. The lowest BCUT2D eigenvalue weighted by Crippen LogP contribution is -2.49. The van der Waals surface area contributed by atoms with Crippen molar-refractivity contribution in [2.75, 3.05) is 19.6 Å². The largest absolute Gasteiger partial charge is 0.486 e. The van der Waals surface area contributed by atoms with Gasteiger partial charge < -0.3 is 10.1 Å². The number of thiazole rings is 1. The van der Waals surface area contributed by atoms with E-state index in [1.54, 1.807) is 11.3 Å². The van der Waals surface area contributed by atoms with Gasteiger partial charge in [0.05, 0.1) is 5.69 Å². The van der Waals surface area contributed by atoms with Gasteiger partial charge >= 0.3 is 0 Å². The van der Waals surface area contributed by atoms with Gasteiger partial charge in [-0.3, -0.25) is 4.90 Å². The van der Waals surface area contributed by atoms with Gasteiger partial charge in [-0.1, -0.05) is 18.2 Å². The highest BCUT2D eigenvalue weighted by Crippen LogP contribution is 2.17. The number of aromatic nitrogens is 1. The van der Waals surface area contributed by atoms with Crippen LogP contribution in [0.25, 0.3) is 0 Å². The van der Waals surface area contributed by atoms with E-state index in [2.05, 4.69) is 27.5 Å². The Morgan fingerprint density at radius 1 is 1.38 bits per heavy atom. The molecule has 0 saturated carbocycles. The maximum absolute atomic E-state index is 5.74. The number of hydrogen-bond acceptors (Lipinski definition) is 5. The summed E-state index contributed by atoms with van der Waals surface area (Å²) in [5.41, 5.74) is 1.15. The molecular formula is C16H21N3OS. The van der Waals surface area contributed by atoms with E-state index in [0.717, 1.165) is 42.6 Å². The average Bonchev–Trinajstić information content (AvgIpc) is 2.96. The molecule has 21 heavy (non-hydrogen) atoms. The SMILES string of the molecule is C[C@H]1CNCCN1Cc1csc(COc2ccccc2)n1. The van der Waals surface area contributed by atoms with Gasteiger partial charge in [-0.15, -0.1) is 11.3 Å². The van der Waals surface area contributed by atoms with Crippen molar-refractivity contribution in [2.24, 2.45) is 0 Å². The second-order valence-corrected chi connectivity index (χ2v) is 6.30. The summed E-state index contributed by atoms with van der Waals surface area (Å²) in [6, 6.07) is 10.5. The molecule has 1 atom stereocenters. The smallest absolute Gasteiger partial charge is 0.140 e. The lowest BCUT2D eigenvalue weighted by Gasteiger charge is -2.33. The molecule has 1 fully saturated rings. The molecule has 0 bridgehead atoms. The lowest BCUT2D eigenvalue weighted by atomic mass is 10.2. The van der Waals surface area contributed by atoms with E-state index in [1.165, 1.54) is 0 Å². The first-order valence-electron chi connectivity index (χ1n) is 7.37. The van der Waals surface area contributed by atoms with Crippen LogP contribution < -0.4 is 10.1 Å². The summed E-state index contributed by atoms with van der Waals surface area (Å²) in [5, 5.41) is 6.60. The van der Waals surface area contributed by atoms with Crippen molar-refractivity contribution in [3.05, 3.63) is 46.4 Å². The summed E-state index contributed by atoms with van der Waals surface area (Å²) in [6.07, 6.45) is 0. The van der Waals surface area contributed by atoms with Crippen molar-refractivity contribution < 1.29 is 4.74 Å². The average molecular weight is 303 g/mol. The van der Waals surface area contributed by atoms with Crippen molar-refractivity contribution in [1.29, 1.82) is 0 Å². The minimum absolute atomic E-state index is 0.547. The van der Waals surface area contributed by atoms with Gasteiger partial charge in [0.15, 0.2) is 0 Å². The molecule has 5 heteroatoms. The molecule has 1 aliphatic heterocycles. The number of nitrogens with one attached hydrogen (secondary N) is 1. The van der Waals surface area contributed by atoms with Crippen LogP contribution in [0.4, 0.5) is 0 Å². The highest BCUT2D eigenvalue weighted by atomic mass is 32.1. The van der Waals surface area contributed by atoms with Crippen LogP contribution in [0.2, 0.25) is 0 Å². The Labute approximate surface area is 129 Å². The minimum Gasteiger partial charge on any atom is -0.486 e. The van der Waals surface area contributed by atoms with E-state index in [-0.39, 0.29) is 0 Å². The number of ether oxygens (including phenoxy) is 1. The van der Waals surface area contributed by atoms with Crippen molar-refractivity contribution in [3.8, 4) is 5.75 Å². The Morgan fingerprint density at radius 2 is 2.24 bits per heavy atom. The molecule has 1 N–H and O–H groups in total. The van der Waals surface area contributed by atoms with Gasteiger partial charge in [0.1, 0.15) is 17.4 Å². The zero-order chi connectivity index (χ0) is 14.5. The molecule has 0 unspecified atom stereocenters. The molecule has 1 aliphatic rings. The number of hydrogen-bond donors (Lipinski definition) is 1. The summed E-state index contributed by atoms with van der Waals surface area (Å²) in [5.74, 6) is 0.893. The molecule has 0 aliphatic carbocycles. The normalized spacial score (nSPS) is 19.6. The maximum Gasteiger partial charge on any atom is 0.140 e. The molecule has 2 heterocycles. The van der Waals surface area contributed by atoms with Gasteiger partial charge in [0, 0.05) is 37.6 Å². The van der Waals surface area contributed by atoms with E-state index < -0.39 is 0 Å². The number of nitrogens with zero attached hydrogens (tertiary/aromatic N) is 2. The highest BCUT2D eigenvalue weighted by molar-refractivity contribution is 7.09. The molecule has 1 aromatic heterocycles. The van der Waals surface area contributed by atoms with Gasteiger partial charge in [-0.2, -0.15) is 0 Å². The zero-order valence-corrected chi connectivity index (χ0v) is 13.1. The van der Waals surface area contributed by atoms with E-state index in [1.807, 2.05) is 30.3 Å². The second-order valence-electron chi connectivity index (χ2n) is 5.36. The van der Waals surface area contributed by atoms with E-state index in [9.17, 15) is 0 Å². The van der Waals surface area contributed by atoms with Gasteiger partial charge in [0.2, 0.25) is 0 Å². The fourth-order valence-corrected chi connectivity index (χ4v) is 3.17. The van der Waals surface area contributed by atoms with Crippen LogP contribution in [-0.4, -0.2) is 35.6 Å². The van der Waals surface area contributed by atoms with Crippen LogP contribution in [0, 0.1) is 0 Å². The minimum atomic E-state index is 0.547. The zero-order valence-electron chi connectivity index (χ0n) is 12.3. The van der Waals surface area contributed by atoms with Crippen molar-refractivity contribution in [3.63, 3.8) is 0 Å². The first-order chi connectivity index (χ1) is 10.3. The summed E-state index contributed by atoms with van der Waals surface area (Å²) in [7, 11) is 0. The Kier molecular flexibility index (Phi) is 4.85. The highest BCUT2D eigenvalue weighted by Gasteiger charge is 2.18. The topological polar surface area (TPSA) is 37.4 Å². The Morgan fingerprint density at radius 3 is 3.05 bits per heavy atom. The summed E-state index contributed by atoms with van der Waals surface area (Å²) in [6.45, 7) is 6.97. The second kappa shape index (κ2) is 7.02. The predicted molar refractivity (Wildman–Crippen MR) is 85.6 cm³/mol. The van der Waals surface area contributed by atoms with Crippen molar-refractivity contribution in [2.45, 2.75) is 26.1 Å². The molecule has 1 saturated heterocycles. The fourth-order valence-electron chi connectivity index (χ4n) is 2.48. The Balaban J connectivity index is 1.53. The van der Waals surface area contributed by atoms with Crippen LogP contribution in [0.3, 0.4) is 0 Å². The lowest BCUT2D eigenvalue weighted by molar-refractivity contribution is 0.164. The van der Waals surface area contributed by atoms with Crippen molar-refractivity contribution >= 4 is 11.3 Å². The van der Waals surface area contributed by atoms with E-state index >= 15 is 0 Å². The first kappa shape index (κ1) is 14.5. The van der Waals surface area contributed by atoms with Crippen LogP contribution in [-0.2, 0) is 13.2 Å². The standard InChI is InChI=1S/C16H21N3OS/c1-13-9-17-7-8-19(13)10-14-12-21-16(18-14)11-20-15-5-3-2-4-6-15/h2-6,12-13,17H,7-11H2,1H3/t13-/m0/s1. The molecule has 3 rings (SSSR count). The Hall–Kier alpha value is -1.43. The third-order valence-electron chi connectivity index (χ3n) is 3.71. The number of piperazine rings is 1. The molecule has 4 nitrogen and oxygen atoms in total. The quantitative estimate of drug-likeness (QED) is 0.921. The van der Waals surface area contributed by atoms with Crippen LogP contribution in [0.1, 0.15) is 17.6 Å². The molecule has 0 spiro atoms. The molecule has 2 aromatic rings. The van der Waals surface area contributed by atoms with Crippen LogP contribution >= 0.6 is 11.3 Å². The molecule has 1 aromatic carbocycles. The summed E-state index contributed by atoms with van der Waals surface area (Å²) >= 11 is 1.68. The maximum atomic E-state index is 5.74. The van der Waals surface area contributed by atoms with Crippen LogP contribution in [0.15, 0.2) is 35.7 Å². The number of rotatable bonds is 5. The number of benzene rings is 1. The van der Waals surface area contributed by atoms with Crippen molar-refractivity contribution in [1.82, 2.24) is 15.2 Å². The van der Waals surface area contributed by atoms with E-state index in [4.69, 9.17) is 4.74 Å². The number of para-hydroxylation sites is 1. The summed E-state index contributed by atoms with van der Waals surface area (Å²) in [4.78, 5) is 7.16. The van der Waals surface area contributed by atoms with Gasteiger partial charge in [-0.05, 0) is 19.1 Å². The van der Waals surface area contributed by atoms with Gasteiger partial charge in [0.25, 0.3) is 0 Å². The monoisotopic (exact) mass is 303 g/mol. The predicted octanol–water partition coefficient (Wildman–Crippen LogP) is 2.52. The third kappa shape index (κ3) is 4.03. The Bertz CT molecular complexity index is 558. The molecule has 0 amide bonds. The van der Waals surface area contributed by atoms with Crippen LogP contribution in [0.5, 0.6) is 5.75 Å². The molecule has 112 valence electrons. The fraction of sp³-hybridized carbons (Fsp3) is 0.438. The molecule has 0 radical (unpaired) electrons. The first-order valence-corrected chi connectivity index (χ1v) is 8.25. The van der Waals surface area contributed by atoms with Gasteiger partial charge in [-0.25, -0.2) is 4.98 Å². The third-order valence-corrected chi connectivity index (χ3v) is 4.58. The van der Waals surface area contributed by atoms with E-state index in [0.29, 0.717) is 12.6 Å². The summed E-state index contributed by atoms with van der Waals surface area (Å²) < 4.78 is 5.74.